The predicted octanol–water partition coefficient (Wildman–Crippen LogP) is 2.99. The van der Waals surface area contributed by atoms with Gasteiger partial charge in [0, 0.05) is 12.8 Å². The lowest BCUT2D eigenvalue weighted by atomic mass is 9.78. The number of carbonyl (C=O) groups excluding carboxylic acids is 1. The average Bonchev–Trinajstić information content (AvgIpc) is 2.54. The highest BCUT2D eigenvalue weighted by atomic mass is 35.5. The van der Waals surface area contributed by atoms with Crippen molar-refractivity contribution < 1.29 is 14.3 Å². The summed E-state index contributed by atoms with van der Waals surface area (Å²) in [5.41, 5.74) is 1.43. The van der Waals surface area contributed by atoms with Gasteiger partial charge in [-0.05, 0) is 57.5 Å². The van der Waals surface area contributed by atoms with Crippen LogP contribution in [0, 0.1) is 5.41 Å². The van der Waals surface area contributed by atoms with Crippen LogP contribution in [0.4, 0.5) is 5.69 Å². The molecule has 0 spiro atoms. The van der Waals surface area contributed by atoms with Gasteiger partial charge in [0.1, 0.15) is 0 Å². The summed E-state index contributed by atoms with van der Waals surface area (Å²) in [4.78, 5) is 12.8. The number of carbonyl (C=O) groups is 1. The van der Waals surface area contributed by atoms with Gasteiger partial charge in [-0.1, -0.05) is 12.1 Å². The second kappa shape index (κ2) is 9.99. The van der Waals surface area contributed by atoms with Crippen LogP contribution in [0.1, 0.15) is 32.3 Å². The minimum atomic E-state index is -0.440. The molecule has 2 N–H and O–H groups in total. The number of halogens is 1. The molecular weight excluding hydrogens is 328 g/mol. The second-order valence-electron chi connectivity index (χ2n) is 6.48. The number of amides is 1. The molecular formula is C18H29ClN2O3. The van der Waals surface area contributed by atoms with Crippen molar-refractivity contribution in [1.82, 2.24) is 5.32 Å². The van der Waals surface area contributed by atoms with Crippen LogP contribution >= 0.6 is 12.4 Å². The number of hydrogen-bond donors (Lipinski definition) is 2. The number of nitrogens with one attached hydrogen (secondary N) is 2. The number of ether oxygens (including phenoxy) is 2. The van der Waals surface area contributed by atoms with Crippen molar-refractivity contribution in [2.45, 2.75) is 39.4 Å². The Morgan fingerprint density at radius 3 is 2.67 bits per heavy atom. The Labute approximate surface area is 150 Å². The van der Waals surface area contributed by atoms with Crippen molar-refractivity contribution in [1.29, 1.82) is 0 Å². The fourth-order valence-electron chi connectivity index (χ4n) is 2.88. The van der Waals surface area contributed by atoms with E-state index in [0.29, 0.717) is 13.2 Å². The van der Waals surface area contributed by atoms with Crippen molar-refractivity contribution in [2.75, 3.05) is 32.1 Å². The predicted molar refractivity (Wildman–Crippen MR) is 98.7 cm³/mol. The van der Waals surface area contributed by atoms with E-state index in [0.717, 1.165) is 37.2 Å². The van der Waals surface area contributed by atoms with Crippen LogP contribution in [0.25, 0.3) is 0 Å². The summed E-state index contributed by atoms with van der Waals surface area (Å²) >= 11 is 0. The molecule has 1 aromatic carbocycles. The van der Waals surface area contributed by atoms with Crippen LogP contribution in [0.5, 0.6) is 0 Å². The first-order valence-electron chi connectivity index (χ1n) is 8.27. The third kappa shape index (κ3) is 5.74. The molecule has 0 aromatic heterocycles. The third-order valence-electron chi connectivity index (χ3n) is 4.23. The Kier molecular flexibility index (Phi) is 8.70. The van der Waals surface area contributed by atoms with E-state index in [2.05, 4.69) is 10.6 Å². The Bertz CT molecular complexity index is 511. The van der Waals surface area contributed by atoms with Crippen molar-refractivity contribution in [3.63, 3.8) is 0 Å². The first kappa shape index (κ1) is 20.9. The fraction of sp³-hybridized carbons (Fsp3) is 0.611. The van der Waals surface area contributed by atoms with Gasteiger partial charge >= 0.3 is 0 Å². The fourth-order valence-corrected chi connectivity index (χ4v) is 2.88. The molecule has 5 nitrogen and oxygen atoms in total. The van der Waals surface area contributed by atoms with Gasteiger partial charge in [0.25, 0.3) is 0 Å². The average molecular weight is 357 g/mol. The Hall–Kier alpha value is -1.14. The molecule has 0 saturated carbocycles. The zero-order valence-corrected chi connectivity index (χ0v) is 15.6. The molecule has 1 aliphatic heterocycles. The van der Waals surface area contributed by atoms with Crippen LogP contribution in [-0.4, -0.2) is 38.8 Å². The molecule has 0 atom stereocenters. The van der Waals surface area contributed by atoms with Gasteiger partial charge in [0.05, 0.1) is 24.7 Å². The molecule has 6 heteroatoms. The van der Waals surface area contributed by atoms with Gasteiger partial charge in [0.15, 0.2) is 0 Å². The minimum absolute atomic E-state index is 0. The highest BCUT2D eigenvalue weighted by molar-refractivity contribution is 5.95. The van der Waals surface area contributed by atoms with Gasteiger partial charge < -0.3 is 20.1 Å². The van der Waals surface area contributed by atoms with Gasteiger partial charge in [0.2, 0.25) is 5.91 Å². The number of rotatable bonds is 7. The maximum Gasteiger partial charge on any atom is 0.233 e. The molecule has 0 radical (unpaired) electrons. The van der Waals surface area contributed by atoms with E-state index in [4.69, 9.17) is 9.47 Å². The zero-order valence-electron chi connectivity index (χ0n) is 14.8. The smallest absolute Gasteiger partial charge is 0.233 e. The van der Waals surface area contributed by atoms with Crippen LogP contribution in [0.3, 0.4) is 0 Å². The van der Waals surface area contributed by atoms with Crippen molar-refractivity contribution in [2.24, 2.45) is 5.41 Å². The summed E-state index contributed by atoms with van der Waals surface area (Å²) in [6.45, 7) is 6.72. The molecule has 0 bridgehead atoms. The molecule has 1 heterocycles. The highest BCUT2D eigenvalue weighted by Crippen LogP contribution is 2.31. The Morgan fingerprint density at radius 2 is 2.04 bits per heavy atom. The monoisotopic (exact) mass is 356 g/mol. The van der Waals surface area contributed by atoms with E-state index >= 15 is 0 Å². The number of hydrogen-bond acceptors (Lipinski definition) is 4. The Balaban J connectivity index is 0.00000288. The molecule has 1 fully saturated rings. The summed E-state index contributed by atoms with van der Waals surface area (Å²) in [6.07, 6.45) is 1.78. The maximum atomic E-state index is 12.8. The third-order valence-corrected chi connectivity index (χ3v) is 4.23. The normalized spacial score (nSPS) is 16.5. The van der Waals surface area contributed by atoms with Crippen LogP contribution in [0.15, 0.2) is 24.3 Å². The number of benzene rings is 1. The zero-order chi connectivity index (χ0) is 16.7. The van der Waals surface area contributed by atoms with Crippen molar-refractivity contribution >= 4 is 24.0 Å². The largest absolute Gasteiger partial charge is 0.384 e. The molecule has 2 rings (SSSR count). The lowest BCUT2D eigenvalue weighted by molar-refractivity contribution is -0.130. The maximum absolute atomic E-state index is 12.8. The first-order valence-corrected chi connectivity index (χ1v) is 8.27. The van der Waals surface area contributed by atoms with Gasteiger partial charge in [-0.25, -0.2) is 0 Å². The number of anilines is 1. The molecule has 24 heavy (non-hydrogen) atoms. The lowest BCUT2D eigenvalue weighted by Crippen LogP contribution is -2.47. The van der Waals surface area contributed by atoms with E-state index in [-0.39, 0.29) is 24.4 Å². The molecule has 0 unspecified atom stereocenters. The van der Waals surface area contributed by atoms with E-state index in [9.17, 15) is 4.79 Å². The molecule has 1 amide bonds. The summed E-state index contributed by atoms with van der Waals surface area (Å²) in [7, 11) is 1.65. The number of methoxy groups -OCH3 is 1. The molecule has 1 saturated heterocycles. The summed E-state index contributed by atoms with van der Waals surface area (Å²) < 4.78 is 10.9. The lowest BCUT2D eigenvalue weighted by Gasteiger charge is -2.35. The summed E-state index contributed by atoms with van der Waals surface area (Å²) in [6, 6.07) is 7.84. The standard InChI is InChI=1S/C18H28N2O3.ClH/c1-14(2)23-12-15-5-4-6-16(11-15)20-17(21)18(13-22-3)7-9-19-10-8-18;/h4-6,11,14,19H,7-10,12-13H2,1-3H3,(H,20,21);1H. The van der Waals surface area contributed by atoms with Crippen LogP contribution in [0.2, 0.25) is 0 Å². The van der Waals surface area contributed by atoms with Gasteiger partial charge in [-0.3, -0.25) is 4.79 Å². The molecule has 1 aliphatic rings. The van der Waals surface area contributed by atoms with Crippen LogP contribution < -0.4 is 10.6 Å². The number of piperidine rings is 1. The molecule has 136 valence electrons. The highest BCUT2D eigenvalue weighted by Gasteiger charge is 2.39. The van der Waals surface area contributed by atoms with E-state index in [1.807, 2.05) is 38.1 Å². The van der Waals surface area contributed by atoms with E-state index in [1.54, 1.807) is 7.11 Å². The van der Waals surface area contributed by atoms with E-state index in [1.165, 1.54) is 0 Å². The minimum Gasteiger partial charge on any atom is -0.384 e. The van der Waals surface area contributed by atoms with Crippen molar-refractivity contribution in [3.8, 4) is 0 Å². The summed E-state index contributed by atoms with van der Waals surface area (Å²) in [5.74, 6) is 0.0442. The molecule has 1 aromatic rings. The summed E-state index contributed by atoms with van der Waals surface area (Å²) in [5, 5.41) is 6.36. The topological polar surface area (TPSA) is 59.6 Å². The van der Waals surface area contributed by atoms with E-state index < -0.39 is 5.41 Å². The SMILES string of the molecule is COCC1(C(=O)Nc2cccc(COC(C)C)c2)CCNCC1.Cl. The van der Waals surface area contributed by atoms with Crippen molar-refractivity contribution in [3.05, 3.63) is 29.8 Å². The first-order chi connectivity index (χ1) is 11.1. The second-order valence-corrected chi connectivity index (χ2v) is 6.48. The quantitative estimate of drug-likeness (QED) is 0.788. The van der Waals surface area contributed by atoms with Gasteiger partial charge in [-0.2, -0.15) is 0 Å². The molecule has 0 aliphatic carbocycles. The van der Waals surface area contributed by atoms with Gasteiger partial charge in [-0.15, -0.1) is 12.4 Å². The van der Waals surface area contributed by atoms with Crippen LogP contribution in [-0.2, 0) is 20.9 Å². The Morgan fingerprint density at radius 1 is 1.33 bits per heavy atom.